The summed E-state index contributed by atoms with van der Waals surface area (Å²) in [5.41, 5.74) is 2.62. The summed E-state index contributed by atoms with van der Waals surface area (Å²) in [4.78, 5) is 17.2. The summed E-state index contributed by atoms with van der Waals surface area (Å²) in [6.07, 6.45) is 5.75. The molecule has 6 nitrogen and oxygen atoms in total. The van der Waals surface area contributed by atoms with E-state index in [1.54, 1.807) is 24.4 Å². The first-order chi connectivity index (χ1) is 14.2. The minimum Gasteiger partial charge on any atom is -0.381 e. The quantitative estimate of drug-likeness (QED) is 0.737. The Labute approximate surface area is 175 Å². The van der Waals surface area contributed by atoms with Gasteiger partial charge >= 0.3 is 0 Å². The number of anilines is 2. The molecule has 0 radical (unpaired) electrons. The monoisotopic (exact) mass is 410 g/mol. The Kier molecular flexibility index (Phi) is 5.98. The molecule has 2 aliphatic rings. The number of aromatic nitrogens is 1. The van der Waals surface area contributed by atoms with Crippen molar-refractivity contribution in [2.75, 3.05) is 25.1 Å². The molecule has 1 aromatic carbocycles. The number of nitriles is 1. The summed E-state index contributed by atoms with van der Waals surface area (Å²) >= 11 is 6.11. The molecule has 1 aliphatic carbocycles. The van der Waals surface area contributed by atoms with Crippen molar-refractivity contribution in [3.05, 3.63) is 52.2 Å². The van der Waals surface area contributed by atoms with Crippen LogP contribution in [0.5, 0.6) is 0 Å². The molecule has 150 valence electrons. The second-order valence-electron chi connectivity index (χ2n) is 7.60. The molecular weight excluding hydrogens is 388 g/mol. The Morgan fingerprint density at radius 3 is 2.79 bits per heavy atom. The van der Waals surface area contributed by atoms with Crippen molar-refractivity contribution in [3.8, 4) is 6.07 Å². The zero-order chi connectivity index (χ0) is 20.2. The summed E-state index contributed by atoms with van der Waals surface area (Å²) in [7, 11) is 0. The number of hydrogen-bond acceptors (Lipinski definition) is 5. The molecule has 29 heavy (non-hydrogen) atoms. The fourth-order valence-corrected chi connectivity index (χ4v) is 3.84. The second-order valence-corrected chi connectivity index (χ2v) is 8.00. The highest BCUT2D eigenvalue weighted by atomic mass is 35.5. The lowest BCUT2D eigenvalue weighted by atomic mass is 10.00. The molecule has 1 aliphatic heterocycles. The molecule has 0 atom stereocenters. The van der Waals surface area contributed by atoms with Crippen LogP contribution in [0.1, 0.15) is 53.1 Å². The lowest BCUT2D eigenvalue weighted by Crippen LogP contribution is -2.32. The predicted molar refractivity (Wildman–Crippen MR) is 112 cm³/mol. The number of amides is 1. The van der Waals surface area contributed by atoms with E-state index in [9.17, 15) is 10.1 Å². The summed E-state index contributed by atoms with van der Waals surface area (Å²) in [5, 5.41) is 16.0. The van der Waals surface area contributed by atoms with Crippen LogP contribution in [0.25, 0.3) is 0 Å². The van der Waals surface area contributed by atoms with Gasteiger partial charge in [0, 0.05) is 26.0 Å². The van der Waals surface area contributed by atoms with Crippen molar-refractivity contribution in [2.24, 2.45) is 5.92 Å². The first-order valence-electron chi connectivity index (χ1n) is 9.97. The number of hydrogen-bond donors (Lipinski definition) is 2. The lowest BCUT2D eigenvalue weighted by molar-refractivity contribution is 0.0642. The summed E-state index contributed by atoms with van der Waals surface area (Å²) in [6.45, 7) is 2.20. The number of pyridine rings is 1. The Balaban J connectivity index is 1.51. The van der Waals surface area contributed by atoms with E-state index >= 15 is 0 Å². The number of carbonyl (C=O) groups excluding carboxylic acids is 1. The van der Waals surface area contributed by atoms with Gasteiger partial charge in [0.1, 0.15) is 11.9 Å². The Morgan fingerprint density at radius 1 is 1.28 bits per heavy atom. The number of ether oxygens (including phenoxy) is 1. The summed E-state index contributed by atoms with van der Waals surface area (Å²) < 4.78 is 5.38. The predicted octanol–water partition coefficient (Wildman–Crippen LogP) is 4.38. The van der Waals surface area contributed by atoms with Crippen LogP contribution in [0.15, 0.2) is 30.5 Å². The van der Waals surface area contributed by atoms with Crippen molar-refractivity contribution in [1.82, 2.24) is 10.3 Å². The van der Waals surface area contributed by atoms with E-state index in [0.29, 0.717) is 46.0 Å². The molecule has 4 rings (SSSR count). The van der Waals surface area contributed by atoms with Gasteiger partial charge in [0.05, 0.1) is 21.8 Å². The van der Waals surface area contributed by atoms with E-state index < -0.39 is 0 Å². The molecule has 1 saturated carbocycles. The van der Waals surface area contributed by atoms with Gasteiger partial charge in [0.25, 0.3) is 5.91 Å². The van der Waals surface area contributed by atoms with Crippen molar-refractivity contribution in [3.63, 3.8) is 0 Å². The number of carbonyl (C=O) groups is 1. The fourth-order valence-electron chi connectivity index (χ4n) is 3.62. The highest BCUT2D eigenvalue weighted by molar-refractivity contribution is 6.32. The summed E-state index contributed by atoms with van der Waals surface area (Å²) in [6, 6.07) is 9.29. The van der Waals surface area contributed by atoms with Crippen LogP contribution >= 0.6 is 11.6 Å². The number of nitrogens with zero attached hydrogens (tertiary/aromatic N) is 2. The third-order valence-corrected chi connectivity index (χ3v) is 5.79. The van der Waals surface area contributed by atoms with Crippen LogP contribution in [-0.2, 0) is 4.74 Å². The van der Waals surface area contributed by atoms with Crippen LogP contribution in [0.3, 0.4) is 0 Å². The highest BCUT2D eigenvalue weighted by Gasteiger charge is 2.29. The number of nitrogens with one attached hydrogen (secondary N) is 2. The van der Waals surface area contributed by atoms with Crippen LogP contribution in [0, 0.1) is 17.2 Å². The van der Waals surface area contributed by atoms with Crippen LogP contribution in [-0.4, -0.2) is 30.6 Å². The molecule has 1 amide bonds. The van der Waals surface area contributed by atoms with Gasteiger partial charge in [0.15, 0.2) is 0 Å². The Morgan fingerprint density at radius 2 is 2.07 bits per heavy atom. The Hall–Kier alpha value is -2.62. The minimum absolute atomic E-state index is 0.0714. The van der Waals surface area contributed by atoms with E-state index in [2.05, 4.69) is 21.7 Å². The molecule has 0 unspecified atom stereocenters. The lowest BCUT2D eigenvalue weighted by Gasteiger charge is -2.22. The zero-order valence-electron chi connectivity index (χ0n) is 16.1. The van der Waals surface area contributed by atoms with Crippen molar-refractivity contribution in [1.29, 1.82) is 5.26 Å². The van der Waals surface area contributed by atoms with Gasteiger partial charge in [-0.05, 0) is 61.3 Å². The van der Waals surface area contributed by atoms with Gasteiger partial charge in [-0.25, -0.2) is 4.98 Å². The highest BCUT2D eigenvalue weighted by Crippen LogP contribution is 2.42. The first kappa shape index (κ1) is 19.7. The first-order valence-corrected chi connectivity index (χ1v) is 10.3. The maximum atomic E-state index is 12.8. The maximum Gasteiger partial charge on any atom is 0.253 e. The zero-order valence-corrected chi connectivity index (χ0v) is 16.8. The van der Waals surface area contributed by atoms with Gasteiger partial charge in [-0.15, -0.1) is 0 Å². The maximum absolute atomic E-state index is 12.8. The number of benzene rings is 1. The molecule has 0 spiro atoms. The van der Waals surface area contributed by atoms with E-state index in [1.807, 2.05) is 6.07 Å². The van der Waals surface area contributed by atoms with Crippen molar-refractivity contribution < 1.29 is 9.53 Å². The molecule has 2 fully saturated rings. The normalized spacial score (nSPS) is 16.8. The molecular formula is C22H23ClN4O2. The fraction of sp³-hybridized carbons (Fsp3) is 0.409. The number of halogens is 1. The van der Waals surface area contributed by atoms with E-state index in [-0.39, 0.29) is 5.91 Å². The molecule has 1 aromatic heterocycles. The Bertz CT molecular complexity index is 946. The molecule has 1 saturated heterocycles. The van der Waals surface area contributed by atoms with Gasteiger partial charge in [-0.1, -0.05) is 17.7 Å². The van der Waals surface area contributed by atoms with Crippen LogP contribution in [0.2, 0.25) is 5.02 Å². The molecule has 7 heteroatoms. The molecule has 0 bridgehead atoms. The largest absolute Gasteiger partial charge is 0.381 e. The van der Waals surface area contributed by atoms with Gasteiger partial charge in [-0.2, -0.15) is 5.26 Å². The van der Waals surface area contributed by atoms with E-state index in [4.69, 9.17) is 16.3 Å². The van der Waals surface area contributed by atoms with Gasteiger partial charge in [-0.3, -0.25) is 4.79 Å². The smallest absolute Gasteiger partial charge is 0.253 e. The third kappa shape index (κ3) is 4.69. The number of rotatable bonds is 6. The molecule has 2 heterocycles. The topological polar surface area (TPSA) is 87.0 Å². The summed E-state index contributed by atoms with van der Waals surface area (Å²) in [5.74, 6) is 1.39. The van der Waals surface area contributed by atoms with E-state index in [1.165, 1.54) is 0 Å². The standard InChI is InChI=1S/C22H23ClN4O2/c23-19-2-1-3-20(17(19)11-24)27-21-10-16(15-4-5-15)18(13-25-21)22(28)26-12-14-6-8-29-9-7-14/h1-3,10,13-15H,4-9,12H2,(H,25,27)(H,26,28). The SMILES string of the molecule is N#Cc1c(Cl)cccc1Nc1cc(C2CC2)c(C(=O)NCC2CCOCC2)cn1. The second kappa shape index (κ2) is 8.81. The van der Waals surface area contributed by atoms with E-state index in [0.717, 1.165) is 44.5 Å². The average Bonchev–Trinajstić information content (AvgIpc) is 3.58. The molecule has 2 aromatic rings. The minimum atomic E-state index is -0.0714. The van der Waals surface area contributed by atoms with Crippen molar-refractivity contribution >= 4 is 29.0 Å². The van der Waals surface area contributed by atoms with Crippen molar-refractivity contribution in [2.45, 2.75) is 31.6 Å². The average molecular weight is 411 g/mol. The third-order valence-electron chi connectivity index (χ3n) is 5.48. The van der Waals surface area contributed by atoms with Crippen LogP contribution < -0.4 is 10.6 Å². The van der Waals surface area contributed by atoms with Crippen LogP contribution in [0.4, 0.5) is 11.5 Å². The van der Waals surface area contributed by atoms with Gasteiger partial charge < -0.3 is 15.4 Å². The van der Waals surface area contributed by atoms with Gasteiger partial charge in [0.2, 0.25) is 0 Å². The molecule has 2 N–H and O–H groups in total.